The molecule has 1 unspecified atom stereocenters. The Morgan fingerprint density at radius 3 is 2.45 bits per heavy atom. The zero-order valence-corrected chi connectivity index (χ0v) is 27.7. The number of terminal acetylenes is 1. The van der Waals surface area contributed by atoms with E-state index in [-0.39, 0.29) is 36.2 Å². The minimum Gasteiger partial charge on any atom is -0.480 e. The minimum atomic E-state index is -0.819. The van der Waals surface area contributed by atoms with Gasteiger partial charge in [-0.15, -0.1) is 6.42 Å². The molecule has 9 nitrogen and oxygen atoms in total. The molecule has 0 bridgehead atoms. The van der Waals surface area contributed by atoms with Crippen LogP contribution in [0.1, 0.15) is 46.5 Å². The van der Waals surface area contributed by atoms with Crippen molar-refractivity contribution in [2.45, 2.75) is 58.7 Å². The first-order valence-corrected chi connectivity index (χ1v) is 15.6. The van der Waals surface area contributed by atoms with Crippen molar-refractivity contribution in [2.75, 3.05) is 13.2 Å². The lowest BCUT2D eigenvalue weighted by molar-refractivity contribution is -0.151. The van der Waals surface area contributed by atoms with Crippen molar-refractivity contribution in [1.29, 1.82) is 0 Å². The highest BCUT2D eigenvalue weighted by molar-refractivity contribution is 6.31. The van der Waals surface area contributed by atoms with Gasteiger partial charge in [-0.05, 0) is 69.2 Å². The number of unbranched alkanes of at least 4 members (excludes halogenated alkanes) is 2. The Hall–Kier alpha value is -4.59. The summed E-state index contributed by atoms with van der Waals surface area (Å²) in [5.41, 5.74) is 0.681. The lowest BCUT2D eigenvalue weighted by Gasteiger charge is -2.14. The molecule has 2 heterocycles. The minimum absolute atomic E-state index is 0.0909. The molecule has 12 heteroatoms. The number of hydrogen-bond donors (Lipinski definition) is 0. The molecule has 248 valence electrons. The second-order valence-electron chi connectivity index (χ2n) is 10.1. The van der Waals surface area contributed by atoms with Gasteiger partial charge in [-0.1, -0.05) is 55.0 Å². The van der Waals surface area contributed by atoms with Gasteiger partial charge in [0.2, 0.25) is 0 Å². The number of fused-ring (bicyclic) bond motifs is 1. The molecular formula is C35H35Cl2FN2O7. The molecule has 4 rings (SSSR count). The van der Waals surface area contributed by atoms with Crippen LogP contribution in [-0.4, -0.2) is 47.3 Å². The van der Waals surface area contributed by atoms with Gasteiger partial charge in [0.1, 0.15) is 22.8 Å². The maximum atomic E-state index is 13.6. The average Bonchev–Trinajstić information content (AvgIpc) is 3.05. The molecule has 0 aliphatic heterocycles. The molecule has 47 heavy (non-hydrogen) atoms. The van der Waals surface area contributed by atoms with E-state index in [1.807, 2.05) is 25.1 Å². The fraction of sp³-hybridized carbons (Fsp3) is 0.314. The topological polar surface area (TPSA) is 106 Å². The second kappa shape index (κ2) is 19.2. The van der Waals surface area contributed by atoms with E-state index in [4.69, 9.17) is 53.3 Å². The number of benzene rings is 2. The molecule has 0 radical (unpaired) electrons. The van der Waals surface area contributed by atoms with Gasteiger partial charge in [0, 0.05) is 28.9 Å². The molecular weight excluding hydrogens is 650 g/mol. The summed E-state index contributed by atoms with van der Waals surface area (Å²) in [6.07, 6.45) is 11.3. The van der Waals surface area contributed by atoms with Crippen molar-refractivity contribution in [3.8, 4) is 35.5 Å². The summed E-state index contributed by atoms with van der Waals surface area (Å²) in [4.78, 5) is 31.5. The SMILES string of the molecule is C#CCOC(=O)[C@@H](C)Oc1ccc(Oc2ncc(Cl)cc2F)cc1.CCCCCC(C)OC(=O)COc1cc(Cl)cc2cccnc12. The van der Waals surface area contributed by atoms with Gasteiger partial charge in [0.25, 0.3) is 5.88 Å². The number of pyridine rings is 2. The maximum absolute atomic E-state index is 13.6. The Kier molecular flexibility index (Phi) is 15.0. The number of carbonyl (C=O) groups excluding carboxylic acids is 2. The maximum Gasteiger partial charge on any atom is 0.347 e. The Morgan fingerprint density at radius 1 is 1.00 bits per heavy atom. The molecule has 0 spiro atoms. The van der Waals surface area contributed by atoms with E-state index in [2.05, 4.69) is 22.8 Å². The predicted molar refractivity (Wildman–Crippen MR) is 178 cm³/mol. The molecule has 0 amide bonds. The summed E-state index contributed by atoms with van der Waals surface area (Å²) in [6.45, 7) is 5.33. The summed E-state index contributed by atoms with van der Waals surface area (Å²) in [7, 11) is 0. The summed E-state index contributed by atoms with van der Waals surface area (Å²) >= 11 is 11.7. The zero-order chi connectivity index (χ0) is 34.2. The molecule has 2 atom stereocenters. The van der Waals surface area contributed by atoms with E-state index in [1.54, 1.807) is 36.5 Å². The quantitative estimate of drug-likeness (QED) is 0.0735. The van der Waals surface area contributed by atoms with Crippen molar-refractivity contribution in [2.24, 2.45) is 0 Å². The third-order valence-corrected chi connectivity index (χ3v) is 6.71. The highest BCUT2D eigenvalue weighted by Gasteiger charge is 2.16. The van der Waals surface area contributed by atoms with E-state index in [1.165, 1.54) is 13.1 Å². The smallest absolute Gasteiger partial charge is 0.347 e. The first-order chi connectivity index (χ1) is 22.6. The van der Waals surface area contributed by atoms with Crippen LogP contribution < -0.4 is 14.2 Å². The van der Waals surface area contributed by atoms with Gasteiger partial charge in [-0.3, -0.25) is 4.98 Å². The summed E-state index contributed by atoms with van der Waals surface area (Å²) in [5, 5.41) is 1.59. The average molecular weight is 686 g/mol. The van der Waals surface area contributed by atoms with Crippen LogP contribution in [0.3, 0.4) is 0 Å². The van der Waals surface area contributed by atoms with Gasteiger partial charge in [0.05, 0.1) is 11.1 Å². The summed E-state index contributed by atoms with van der Waals surface area (Å²) in [6, 6.07) is 14.5. The predicted octanol–water partition coefficient (Wildman–Crippen LogP) is 8.39. The molecule has 2 aromatic heterocycles. The highest BCUT2D eigenvalue weighted by Crippen LogP contribution is 2.28. The van der Waals surface area contributed by atoms with Gasteiger partial charge in [-0.2, -0.15) is 0 Å². The first-order valence-electron chi connectivity index (χ1n) is 14.8. The Balaban J connectivity index is 0.000000256. The van der Waals surface area contributed by atoms with Crippen LogP contribution in [0.4, 0.5) is 4.39 Å². The molecule has 4 aromatic rings. The summed E-state index contributed by atoms with van der Waals surface area (Å²) in [5.74, 6) is 1.63. The molecule has 0 aliphatic carbocycles. The van der Waals surface area contributed by atoms with Crippen LogP contribution in [0.15, 0.2) is 67.0 Å². The number of aromatic nitrogens is 2. The van der Waals surface area contributed by atoms with Gasteiger partial charge in [-0.25, -0.2) is 19.0 Å². The number of ether oxygens (including phenoxy) is 5. The van der Waals surface area contributed by atoms with E-state index < -0.39 is 17.9 Å². The fourth-order valence-corrected chi connectivity index (χ4v) is 4.39. The third-order valence-electron chi connectivity index (χ3n) is 6.28. The monoisotopic (exact) mass is 684 g/mol. The lowest BCUT2D eigenvalue weighted by atomic mass is 10.1. The first kappa shape index (κ1) is 36.9. The normalized spacial score (nSPS) is 11.7. The summed E-state index contributed by atoms with van der Waals surface area (Å²) < 4.78 is 40.0. The zero-order valence-electron chi connectivity index (χ0n) is 26.2. The molecule has 2 aromatic carbocycles. The van der Waals surface area contributed by atoms with Crippen LogP contribution in [0.5, 0.6) is 23.1 Å². The molecule has 0 saturated carbocycles. The molecule has 0 saturated heterocycles. The van der Waals surface area contributed by atoms with E-state index in [0.29, 0.717) is 27.8 Å². The van der Waals surface area contributed by atoms with Crippen LogP contribution >= 0.6 is 23.2 Å². The molecule has 0 fully saturated rings. The van der Waals surface area contributed by atoms with Gasteiger partial charge < -0.3 is 23.7 Å². The largest absolute Gasteiger partial charge is 0.480 e. The highest BCUT2D eigenvalue weighted by atomic mass is 35.5. The third kappa shape index (κ3) is 12.6. The Morgan fingerprint density at radius 2 is 1.74 bits per heavy atom. The number of halogens is 3. The van der Waals surface area contributed by atoms with Crippen molar-refractivity contribution >= 4 is 46.0 Å². The van der Waals surface area contributed by atoms with Gasteiger partial charge in [0.15, 0.2) is 25.1 Å². The van der Waals surface area contributed by atoms with E-state index in [0.717, 1.165) is 37.1 Å². The van der Waals surface area contributed by atoms with Crippen LogP contribution in [-0.2, 0) is 19.1 Å². The lowest BCUT2D eigenvalue weighted by Crippen LogP contribution is -2.26. The number of hydrogen-bond acceptors (Lipinski definition) is 9. The molecule has 0 aliphatic rings. The number of carbonyl (C=O) groups is 2. The van der Waals surface area contributed by atoms with Crippen LogP contribution in [0.2, 0.25) is 10.0 Å². The fourth-order valence-electron chi connectivity index (χ4n) is 4.03. The second-order valence-corrected chi connectivity index (χ2v) is 11.0. The van der Waals surface area contributed by atoms with Crippen LogP contribution in [0, 0.1) is 18.2 Å². The van der Waals surface area contributed by atoms with Gasteiger partial charge >= 0.3 is 11.9 Å². The van der Waals surface area contributed by atoms with Crippen molar-refractivity contribution in [1.82, 2.24) is 9.97 Å². The van der Waals surface area contributed by atoms with Crippen molar-refractivity contribution < 1.29 is 37.7 Å². The van der Waals surface area contributed by atoms with Crippen molar-refractivity contribution in [3.63, 3.8) is 0 Å². The molecule has 0 N–H and O–H groups in total. The number of rotatable bonds is 14. The van der Waals surface area contributed by atoms with E-state index >= 15 is 0 Å². The number of nitrogens with zero attached hydrogens (tertiary/aromatic N) is 2. The number of esters is 2. The Bertz CT molecular complexity index is 1660. The van der Waals surface area contributed by atoms with Crippen molar-refractivity contribution in [3.05, 3.63) is 82.9 Å². The van der Waals surface area contributed by atoms with Crippen LogP contribution in [0.25, 0.3) is 10.9 Å². The standard InChI is InChI=1S/C18H22ClNO3.C17H13ClFNO4/c1-3-4-5-7-13(2)23-17(21)12-22-16-11-15(19)10-14-8-6-9-20-18(14)16;1-3-8-22-17(21)11(2)23-13-4-6-14(7-5-13)24-16-15(19)9-12(18)10-20-16/h6,8-11,13H,3-5,7,12H2,1-2H3;1,4-7,9-11H,8H2,2H3/t;11-/m.1/s1. The van der Waals surface area contributed by atoms with E-state index in [9.17, 15) is 14.0 Å². The Labute approximate surface area is 283 Å².